The molecule has 0 radical (unpaired) electrons. The molecule has 1 fully saturated rings. The van der Waals surface area contributed by atoms with E-state index in [9.17, 15) is 4.79 Å². The summed E-state index contributed by atoms with van der Waals surface area (Å²) in [6.45, 7) is 3.41. The summed E-state index contributed by atoms with van der Waals surface area (Å²) in [5, 5.41) is 15.7. The zero-order valence-corrected chi connectivity index (χ0v) is 9.37. The lowest BCUT2D eigenvalue weighted by Gasteiger charge is -2.33. The fraction of sp³-hybridized carbons (Fsp3) is 0.667. The number of carbonyl (C=O) groups is 1. The Morgan fingerprint density at radius 1 is 1.35 bits per heavy atom. The summed E-state index contributed by atoms with van der Waals surface area (Å²) in [6, 6.07) is 0. The van der Waals surface area contributed by atoms with Crippen molar-refractivity contribution in [1.82, 2.24) is 20.1 Å². The van der Waals surface area contributed by atoms with E-state index in [2.05, 4.69) is 19.8 Å². The van der Waals surface area contributed by atoms with Gasteiger partial charge >= 0.3 is 0 Å². The van der Waals surface area contributed by atoms with Crippen LogP contribution < -0.4 is 5.73 Å². The predicted molar refractivity (Wildman–Crippen MR) is 58.1 cm³/mol. The molecule has 2 rings (SSSR count). The maximum atomic E-state index is 12.0. The molecule has 3 N–H and O–H groups in total. The predicted octanol–water partition coefficient (Wildman–Crippen LogP) is -1.60. The molecule has 1 aliphatic heterocycles. The summed E-state index contributed by atoms with van der Waals surface area (Å²) in [5.74, 6) is -0.236. The van der Waals surface area contributed by atoms with Gasteiger partial charge in [0.05, 0.1) is 6.61 Å². The molecule has 0 saturated carbocycles. The molecule has 1 amide bonds. The smallest absolute Gasteiger partial charge is 0.280 e. The number of amides is 1. The maximum absolute atomic E-state index is 12.0. The van der Waals surface area contributed by atoms with Crippen LogP contribution in [-0.4, -0.2) is 70.5 Å². The van der Waals surface area contributed by atoms with Gasteiger partial charge in [-0.25, -0.2) is 4.63 Å². The third-order valence-corrected chi connectivity index (χ3v) is 2.79. The zero-order chi connectivity index (χ0) is 12.3. The highest BCUT2D eigenvalue weighted by molar-refractivity contribution is 5.96. The van der Waals surface area contributed by atoms with Gasteiger partial charge in [0.15, 0.2) is 0 Å². The van der Waals surface area contributed by atoms with Crippen molar-refractivity contribution in [2.24, 2.45) is 0 Å². The summed E-state index contributed by atoms with van der Waals surface area (Å²) >= 11 is 0. The normalized spacial score (nSPS) is 17.4. The minimum atomic E-state index is -0.257. The molecular weight excluding hydrogens is 226 g/mol. The number of β-amino-alcohol motifs (C(OH)–C–C–N with tert-alkyl or cyclic N) is 1. The van der Waals surface area contributed by atoms with Crippen LogP contribution in [0.3, 0.4) is 0 Å². The highest BCUT2D eigenvalue weighted by Crippen LogP contribution is 2.10. The topological polar surface area (TPSA) is 109 Å². The lowest BCUT2D eigenvalue weighted by atomic mass is 10.2. The average molecular weight is 241 g/mol. The van der Waals surface area contributed by atoms with Gasteiger partial charge < -0.3 is 15.7 Å². The quantitative estimate of drug-likeness (QED) is 0.656. The third-order valence-electron chi connectivity index (χ3n) is 2.79. The van der Waals surface area contributed by atoms with Crippen LogP contribution in [0.1, 0.15) is 10.5 Å². The first-order chi connectivity index (χ1) is 8.22. The molecule has 17 heavy (non-hydrogen) atoms. The molecule has 1 aliphatic rings. The van der Waals surface area contributed by atoms with E-state index in [1.54, 1.807) is 4.90 Å². The van der Waals surface area contributed by atoms with Crippen LogP contribution in [0, 0.1) is 0 Å². The van der Waals surface area contributed by atoms with Crippen molar-refractivity contribution in [2.75, 3.05) is 45.1 Å². The Balaban J connectivity index is 1.93. The largest absolute Gasteiger partial charge is 0.395 e. The second kappa shape index (κ2) is 5.11. The number of aromatic nitrogens is 2. The molecule has 0 aromatic carbocycles. The van der Waals surface area contributed by atoms with Crippen LogP contribution in [-0.2, 0) is 0 Å². The van der Waals surface area contributed by atoms with Crippen molar-refractivity contribution >= 4 is 11.7 Å². The molecule has 8 nitrogen and oxygen atoms in total. The molecule has 0 atom stereocenters. The maximum Gasteiger partial charge on any atom is 0.280 e. The number of piperazine rings is 1. The van der Waals surface area contributed by atoms with Gasteiger partial charge in [-0.05, 0) is 10.3 Å². The molecule has 0 bridgehead atoms. The van der Waals surface area contributed by atoms with Crippen molar-refractivity contribution in [1.29, 1.82) is 0 Å². The number of aliphatic hydroxyl groups is 1. The second-order valence-corrected chi connectivity index (χ2v) is 3.86. The molecule has 1 saturated heterocycles. The molecule has 0 unspecified atom stereocenters. The van der Waals surface area contributed by atoms with Gasteiger partial charge in [0.2, 0.25) is 11.5 Å². The second-order valence-electron chi connectivity index (χ2n) is 3.86. The van der Waals surface area contributed by atoms with E-state index in [1.165, 1.54) is 0 Å². The van der Waals surface area contributed by atoms with Crippen molar-refractivity contribution < 1.29 is 14.5 Å². The van der Waals surface area contributed by atoms with Crippen molar-refractivity contribution in [2.45, 2.75) is 0 Å². The number of carbonyl (C=O) groups excluding carboxylic acids is 1. The van der Waals surface area contributed by atoms with E-state index in [0.717, 1.165) is 13.1 Å². The van der Waals surface area contributed by atoms with Crippen LogP contribution in [0.4, 0.5) is 5.82 Å². The highest BCUT2D eigenvalue weighted by Gasteiger charge is 2.26. The summed E-state index contributed by atoms with van der Waals surface area (Å²) in [4.78, 5) is 15.7. The first-order valence-electron chi connectivity index (χ1n) is 5.43. The standard InChI is InChI=1S/C9H15N5O3/c10-8-7(11-17-12-8)9(16)14-3-1-13(2-4-14)5-6-15/h15H,1-6H2,(H2,10,12). The number of nitrogen functional groups attached to an aromatic ring is 1. The lowest BCUT2D eigenvalue weighted by molar-refractivity contribution is 0.0605. The summed E-state index contributed by atoms with van der Waals surface area (Å²) < 4.78 is 4.40. The van der Waals surface area contributed by atoms with Gasteiger partial charge in [-0.1, -0.05) is 0 Å². The Hall–Kier alpha value is -1.67. The number of hydrogen-bond acceptors (Lipinski definition) is 7. The molecule has 0 aliphatic carbocycles. The van der Waals surface area contributed by atoms with E-state index >= 15 is 0 Å². The van der Waals surface area contributed by atoms with Gasteiger partial charge in [-0.2, -0.15) is 0 Å². The Labute approximate surface area is 97.9 Å². The van der Waals surface area contributed by atoms with Crippen molar-refractivity contribution in [3.63, 3.8) is 0 Å². The van der Waals surface area contributed by atoms with Gasteiger partial charge in [-0.15, -0.1) is 0 Å². The molecule has 8 heteroatoms. The Kier molecular flexibility index (Phi) is 3.55. The van der Waals surface area contributed by atoms with Gasteiger partial charge in [0.25, 0.3) is 5.91 Å². The SMILES string of the molecule is Nc1nonc1C(=O)N1CCN(CCO)CC1. The summed E-state index contributed by atoms with van der Waals surface area (Å²) in [7, 11) is 0. The minimum Gasteiger partial charge on any atom is -0.395 e. The van der Waals surface area contributed by atoms with E-state index < -0.39 is 0 Å². The summed E-state index contributed by atoms with van der Waals surface area (Å²) in [6.07, 6.45) is 0. The fourth-order valence-corrected chi connectivity index (χ4v) is 1.81. The Morgan fingerprint density at radius 3 is 2.59 bits per heavy atom. The first kappa shape index (κ1) is 11.8. The number of nitrogens with zero attached hydrogens (tertiary/aromatic N) is 4. The summed E-state index contributed by atoms with van der Waals surface area (Å²) in [5.41, 5.74) is 5.53. The monoisotopic (exact) mass is 241 g/mol. The Morgan fingerprint density at radius 2 is 2.06 bits per heavy atom. The first-order valence-corrected chi connectivity index (χ1v) is 5.43. The number of hydrogen-bond donors (Lipinski definition) is 2. The molecule has 1 aromatic heterocycles. The zero-order valence-electron chi connectivity index (χ0n) is 9.37. The number of rotatable bonds is 3. The number of nitrogens with two attached hydrogens (primary N) is 1. The van der Waals surface area contributed by atoms with Crippen molar-refractivity contribution in [3.8, 4) is 0 Å². The van der Waals surface area contributed by atoms with Crippen LogP contribution >= 0.6 is 0 Å². The number of anilines is 1. The molecule has 1 aromatic rings. The third kappa shape index (κ3) is 2.53. The molecular formula is C9H15N5O3. The molecule has 94 valence electrons. The van der Waals surface area contributed by atoms with E-state index in [-0.39, 0.29) is 24.0 Å². The van der Waals surface area contributed by atoms with Crippen LogP contribution in [0.15, 0.2) is 4.63 Å². The van der Waals surface area contributed by atoms with E-state index in [4.69, 9.17) is 10.8 Å². The van der Waals surface area contributed by atoms with Crippen molar-refractivity contribution in [3.05, 3.63) is 5.69 Å². The van der Waals surface area contributed by atoms with E-state index in [1.807, 2.05) is 0 Å². The van der Waals surface area contributed by atoms with Gasteiger partial charge in [-0.3, -0.25) is 9.69 Å². The van der Waals surface area contributed by atoms with Crippen LogP contribution in [0.5, 0.6) is 0 Å². The average Bonchev–Trinajstić information content (AvgIpc) is 2.76. The van der Waals surface area contributed by atoms with Gasteiger partial charge in [0, 0.05) is 32.7 Å². The highest BCUT2D eigenvalue weighted by atomic mass is 16.6. The minimum absolute atomic E-state index is 0.0211. The lowest BCUT2D eigenvalue weighted by Crippen LogP contribution is -2.49. The molecule has 0 spiro atoms. The van der Waals surface area contributed by atoms with Crippen LogP contribution in [0.25, 0.3) is 0 Å². The van der Waals surface area contributed by atoms with Crippen LogP contribution in [0.2, 0.25) is 0 Å². The number of aliphatic hydroxyl groups excluding tert-OH is 1. The van der Waals surface area contributed by atoms with Gasteiger partial charge in [0.1, 0.15) is 0 Å². The van der Waals surface area contributed by atoms with E-state index in [0.29, 0.717) is 19.6 Å². The Bertz CT molecular complexity index is 386. The molecule has 2 heterocycles. The fourth-order valence-electron chi connectivity index (χ4n) is 1.81.